The summed E-state index contributed by atoms with van der Waals surface area (Å²) in [5.74, 6) is 3.32. The van der Waals surface area contributed by atoms with Gasteiger partial charge in [0.05, 0.1) is 0 Å². The SMILES string of the molecule is C#C/C=C(\C=C/C)COc1ccc(C=C)cc1. The van der Waals surface area contributed by atoms with Crippen LogP contribution in [-0.2, 0) is 0 Å². The van der Waals surface area contributed by atoms with Crippen molar-refractivity contribution in [3.05, 3.63) is 60.2 Å². The lowest BCUT2D eigenvalue weighted by molar-refractivity contribution is 0.355. The summed E-state index contributed by atoms with van der Waals surface area (Å²) in [6, 6.07) is 7.76. The van der Waals surface area contributed by atoms with Crippen molar-refractivity contribution in [2.24, 2.45) is 0 Å². The van der Waals surface area contributed by atoms with Gasteiger partial charge in [-0.3, -0.25) is 0 Å². The molecule has 0 atom stereocenters. The van der Waals surface area contributed by atoms with E-state index >= 15 is 0 Å². The Morgan fingerprint density at radius 2 is 2.12 bits per heavy atom. The van der Waals surface area contributed by atoms with Gasteiger partial charge in [-0.2, -0.15) is 0 Å². The third-order valence-electron chi connectivity index (χ3n) is 2.17. The summed E-state index contributed by atoms with van der Waals surface area (Å²) in [6.45, 7) is 6.12. The second-order valence-corrected chi connectivity index (χ2v) is 3.45. The smallest absolute Gasteiger partial charge is 0.119 e. The van der Waals surface area contributed by atoms with E-state index in [1.165, 1.54) is 0 Å². The number of benzene rings is 1. The summed E-state index contributed by atoms with van der Waals surface area (Å²) in [6.07, 6.45) is 12.6. The van der Waals surface area contributed by atoms with Crippen LogP contribution in [0.15, 0.2) is 54.6 Å². The Morgan fingerprint density at radius 1 is 1.41 bits per heavy atom. The molecule has 0 spiro atoms. The first kappa shape index (κ1) is 12.9. The normalized spacial score (nSPS) is 11.2. The van der Waals surface area contributed by atoms with E-state index in [0.29, 0.717) is 6.61 Å². The van der Waals surface area contributed by atoms with Gasteiger partial charge in [-0.25, -0.2) is 0 Å². The number of allylic oxidation sites excluding steroid dienone is 2. The summed E-state index contributed by atoms with van der Waals surface area (Å²) in [4.78, 5) is 0. The fraction of sp³-hybridized carbons (Fsp3) is 0.125. The van der Waals surface area contributed by atoms with E-state index in [1.807, 2.05) is 43.3 Å². The summed E-state index contributed by atoms with van der Waals surface area (Å²) in [5, 5.41) is 0. The predicted molar refractivity (Wildman–Crippen MR) is 73.8 cm³/mol. The first-order chi connectivity index (χ1) is 8.30. The van der Waals surface area contributed by atoms with Crippen molar-refractivity contribution in [2.75, 3.05) is 6.61 Å². The topological polar surface area (TPSA) is 9.23 Å². The van der Waals surface area contributed by atoms with Crippen molar-refractivity contribution in [3.8, 4) is 18.1 Å². The van der Waals surface area contributed by atoms with E-state index in [-0.39, 0.29) is 0 Å². The van der Waals surface area contributed by atoms with Crippen molar-refractivity contribution in [2.45, 2.75) is 6.92 Å². The molecule has 1 nitrogen and oxygen atoms in total. The van der Waals surface area contributed by atoms with Crippen molar-refractivity contribution in [3.63, 3.8) is 0 Å². The highest BCUT2D eigenvalue weighted by Gasteiger charge is 1.95. The molecule has 0 saturated carbocycles. The Labute approximate surface area is 103 Å². The lowest BCUT2D eigenvalue weighted by Gasteiger charge is -2.06. The molecular formula is C16H16O. The molecule has 0 radical (unpaired) electrons. The molecular weight excluding hydrogens is 208 g/mol. The predicted octanol–water partition coefficient (Wildman–Crippen LogP) is 3.84. The molecule has 1 heteroatoms. The Morgan fingerprint density at radius 3 is 2.65 bits per heavy atom. The first-order valence-electron chi connectivity index (χ1n) is 5.43. The maximum Gasteiger partial charge on any atom is 0.119 e. The molecule has 0 unspecified atom stereocenters. The number of ether oxygens (including phenoxy) is 1. The minimum atomic E-state index is 0.474. The molecule has 0 bridgehead atoms. The fourth-order valence-electron chi connectivity index (χ4n) is 1.33. The molecule has 0 aliphatic carbocycles. The molecule has 0 heterocycles. The van der Waals surface area contributed by atoms with Gasteiger partial charge in [0.1, 0.15) is 12.4 Å². The molecule has 0 saturated heterocycles. The molecule has 0 aromatic heterocycles. The van der Waals surface area contributed by atoms with Crippen LogP contribution in [0.3, 0.4) is 0 Å². The van der Waals surface area contributed by atoms with Crippen LogP contribution in [0.4, 0.5) is 0 Å². The van der Waals surface area contributed by atoms with Gasteiger partial charge in [0.25, 0.3) is 0 Å². The standard InChI is InChI=1S/C16H16O/c1-4-7-15(8-5-2)13-17-16-11-9-14(6-3)10-12-16/h1,5-12H,3,13H2,2H3/b8-5-,15-7+. The maximum atomic E-state index is 5.62. The second-order valence-electron chi connectivity index (χ2n) is 3.45. The summed E-state index contributed by atoms with van der Waals surface area (Å²) >= 11 is 0. The quantitative estimate of drug-likeness (QED) is 0.545. The zero-order chi connectivity index (χ0) is 12.5. The Balaban J connectivity index is 2.63. The molecule has 0 N–H and O–H groups in total. The van der Waals surface area contributed by atoms with E-state index in [9.17, 15) is 0 Å². The van der Waals surface area contributed by atoms with Crippen LogP contribution in [0.1, 0.15) is 12.5 Å². The van der Waals surface area contributed by atoms with Crippen molar-refractivity contribution in [1.29, 1.82) is 0 Å². The van der Waals surface area contributed by atoms with Gasteiger partial charge < -0.3 is 4.74 Å². The van der Waals surface area contributed by atoms with E-state index in [0.717, 1.165) is 16.9 Å². The average Bonchev–Trinajstić information content (AvgIpc) is 2.37. The highest BCUT2D eigenvalue weighted by Crippen LogP contribution is 2.13. The third kappa shape index (κ3) is 4.44. The Kier molecular flexibility index (Phi) is 5.40. The van der Waals surface area contributed by atoms with E-state index < -0.39 is 0 Å². The van der Waals surface area contributed by atoms with Crippen LogP contribution < -0.4 is 4.74 Å². The van der Waals surface area contributed by atoms with Crippen LogP contribution in [-0.4, -0.2) is 6.61 Å². The molecule has 0 amide bonds. The monoisotopic (exact) mass is 224 g/mol. The number of hydrogen-bond acceptors (Lipinski definition) is 1. The fourth-order valence-corrected chi connectivity index (χ4v) is 1.33. The van der Waals surface area contributed by atoms with Gasteiger partial charge in [-0.1, -0.05) is 42.9 Å². The van der Waals surface area contributed by atoms with Gasteiger partial charge in [-0.15, -0.1) is 6.42 Å². The van der Waals surface area contributed by atoms with Gasteiger partial charge in [0.15, 0.2) is 0 Å². The molecule has 0 aliphatic heterocycles. The minimum absolute atomic E-state index is 0.474. The van der Waals surface area contributed by atoms with Gasteiger partial charge in [0, 0.05) is 0 Å². The van der Waals surface area contributed by atoms with E-state index in [2.05, 4.69) is 12.5 Å². The van der Waals surface area contributed by atoms with Gasteiger partial charge >= 0.3 is 0 Å². The van der Waals surface area contributed by atoms with Gasteiger partial charge in [0.2, 0.25) is 0 Å². The zero-order valence-corrected chi connectivity index (χ0v) is 10.0. The number of hydrogen-bond donors (Lipinski definition) is 0. The molecule has 0 fully saturated rings. The minimum Gasteiger partial charge on any atom is -0.489 e. The van der Waals surface area contributed by atoms with Crippen LogP contribution in [0.5, 0.6) is 5.75 Å². The highest BCUT2D eigenvalue weighted by atomic mass is 16.5. The average molecular weight is 224 g/mol. The molecule has 1 rings (SSSR count). The zero-order valence-electron chi connectivity index (χ0n) is 10.0. The molecule has 17 heavy (non-hydrogen) atoms. The van der Waals surface area contributed by atoms with E-state index in [4.69, 9.17) is 11.2 Å². The lowest BCUT2D eigenvalue weighted by Crippen LogP contribution is -1.99. The number of rotatable bonds is 5. The summed E-state index contributed by atoms with van der Waals surface area (Å²) in [7, 11) is 0. The van der Waals surface area contributed by atoms with E-state index in [1.54, 1.807) is 12.2 Å². The summed E-state index contributed by atoms with van der Waals surface area (Å²) < 4.78 is 5.62. The van der Waals surface area contributed by atoms with Crippen LogP contribution in [0, 0.1) is 12.3 Å². The van der Waals surface area contributed by atoms with Crippen LogP contribution in [0.2, 0.25) is 0 Å². The van der Waals surface area contributed by atoms with Crippen LogP contribution in [0.25, 0.3) is 6.08 Å². The molecule has 1 aromatic rings. The Bertz CT molecular complexity index is 455. The Hall–Kier alpha value is -2.20. The molecule has 1 aromatic carbocycles. The maximum absolute atomic E-state index is 5.62. The molecule has 0 aliphatic rings. The van der Waals surface area contributed by atoms with Gasteiger partial charge in [-0.05, 0) is 36.3 Å². The largest absolute Gasteiger partial charge is 0.489 e. The highest BCUT2D eigenvalue weighted by molar-refractivity contribution is 5.48. The third-order valence-corrected chi connectivity index (χ3v) is 2.17. The summed E-state index contributed by atoms with van der Waals surface area (Å²) in [5.41, 5.74) is 2.05. The van der Waals surface area contributed by atoms with Crippen molar-refractivity contribution in [1.82, 2.24) is 0 Å². The van der Waals surface area contributed by atoms with Crippen LogP contribution >= 0.6 is 0 Å². The van der Waals surface area contributed by atoms with Crippen molar-refractivity contribution < 1.29 is 4.74 Å². The van der Waals surface area contributed by atoms with Crippen molar-refractivity contribution >= 4 is 6.08 Å². The first-order valence-corrected chi connectivity index (χ1v) is 5.43. The molecule has 86 valence electrons. The number of terminal acetylenes is 1. The lowest BCUT2D eigenvalue weighted by atomic mass is 10.2. The second kappa shape index (κ2) is 7.14.